The van der Waals surface area contributed by atoms with Crippen molar-refractivity contribution in [3.8, 4) is 5.82 Å². The van der Waals surface area contributed by atoms with Gasteiger partial charge in [-0.3, -0.25) is 0 Å². The third-order valence-corrected chi connectivity index (χ3v) is 3.19. The molecular weight excluding hydrogens is 238 g/mol. The second kappa shape index (κ2) is 4.48. The summed E-state index contributed by atoms with van der Waals surface area (Å²) in [4.78, 5) is 4.62. The van der Waals surface area contributed by atoms with Gasteiger partial charge in [0.25, 0.3) is 0 Å². The number of aromatic nitrogens is 3. The van der Waals surface area contributed by atoms with Gasteiger partial charge in [-0.25, -0.2) is 9.67 Å². The lowest BCUT2D eigenvalue weighted by molar-refractivity contribution is 0.283. The highest BCUT2D eigenvalue weighted by atomic mass is 16.3. The van der Waals surface area contributed by atoms with Crippen LogP contribution in [0.15, 0.2) is 36.4 Å². The van der Waals surface area contributed by atoms with E-state index in [0.29, 0.717) is 0 Å². The molecule has 0 aliphatic heterocycles. The summed E-state index contributed by atoms with van der Waals surface area (Å²) in [6.45, 7) is 3.95. The molecule has 0 aliphatic rings. The second-order valence-corrected chi connectivity index (χ2v) is 4.65. The number of pyridine rings is 1. The Kier molecular flexibility index (Phi) is 2.80. The quantitative estimate of drug-likeness (QED) is 0.763. The Labute approximate surface area is 111 Å². The third-order valence-electron chi connectivity index (χ3n) is 3.19. The van der Waals surface area contributed by atoms with E-state index in [-0.39, 0.29) is 6.61 Å². The summed E-state index contributed by atoms with van der Waals surface area (Å²) in [6, 6.07) is 11.7. The number of hydrogen-bond acceptors (Lipinski definition) is 3. The first kappa shape index (κ1) is 11.9. The van der Waals surface area contributed by atoms with Crippen molar-refractivity contribution < 1.29 is 5.11 Å². The Hall–Kier alpha value is -2.20. The molecule has 0 unspecified atom stereocenters. The van der Waals surface area contributed by atoms with E-state index < -0.39 is 0 Å². The molecule has 4 heteroatoms. The molecule has 0 spiro atoms. The first-order valence-electron chi connectivity index (χ1n) is 6.22. The third kappa shape index (κ3) is 2.00. The molecule has 3 rings (SSSR count). The molecular formula is C15H15N3O. The van der Waals surface area contributed by atoms with Crippen LogP contribution in [0, 0.1) is 13.8 Å². The van der Waals surface area contributed by atoms with E-state index in [1.807, 2.05) is 50.2 Å². The molecule has 2 aromatic heterocycles. The van der Waals surface area contributed by atoms with Crippen molar-refractivity contribution in [1.29, 1.82) is 0 Å². The molecule has 19 heavy (non-hydrogen) atoms. The first-order chi connectivity index (χ1) is 9.19. The van der Waals surface area contributed by atoms with E-state index in [0.717, 1.165) is 33.7 Å². The number of aliphatic hydroxyl groups is 1. The van der Waals surface area contributed by atoms with Crippen molar-refractivity contribution in [3.05, 3.63) is 53.3 Å². The van der Waals surface area contributed by atoms with Crippen LogP contribution in [0.2, 0.25) is 0 Å². The number of rotatable bonds is 2. The van der Waals surface area contributed by atoms with Crippen molar-refractivity contribution in [3.63, 3.8) is 0 Å². The molecule has 0 saturated heterocycles. The number of aliphatic hydroxyl groups excluding tert-OH is 1. The van der Waals surface area contributed by atoms with Gasteiger partial charge in [0.05, 0.1) is 17.8 Å². The summed E-state index contributed by atoms with van der Waals surface area (Å²) in [5, 5.41) is 14.9. The Morgan fingerprint density at radius 2 is 1.95 bits per heavy atom. The SMILES string of the molecule is Cc1cc(C)n(-c2cc(CO)c3ccccc3n2)n1. The van der Waals surface area contributed by atoms with Crippen LogP contribution in [0.1, 0.15) is 17.0 Å². The van der Waals surface area contributed by atoms with Crippen LogP contribution in [0.5, 0.6) is 0 Å². The maximum atomic E-state index is 9.52. The highest BCUT2D eigenvalue weighted by Gasteiger charge is 2.09. The van der Waals surface area contributed by atoms with Gasteiger partial charge in [0.15, 0.2) is 5.82 Å². The van der Waals surface area contributed by atoms with E-state index in [2.05, 4.69) is 10.1 Å². The predicted octanol–water partition coefficient (Wildman–Crippen LogP) is 2.53. The summed E-state index contributed by atoms with van der Waals surface area (Å²) in [7, 11) is 0. The van der Waals surface area contributed by atoms with E-state index >= 15 is 0 Å². The summed E-state index contributed by atoms with van der Waals surface area (Å²) >= 11 is 0. The standard InChI is InChI=1S/C15H15N3O/c1-10-7-11(2)18(17-10)15-8-12(9-19)13-5-3-4-6-14(13)16-15/h3-8,19H,9H2,1-2H3. The lowest BCUT2D eigenvalue weighted by Crippen LogP contribution is -2.04. The van der Waals surface area contributed by atoms with Gasteiger partial charge >= 0.3 is 0 Å². The second-order valence-electron chi connectivity index (χ2n) is 4.65. The number of aryl methyl sites for hydroxylation is 2. The smallest absolute Gasteiger partial charge is 0.154 e. The summed E-state index contributed by atoms with van der Waals surface area (Å²) in [6.07, 6.45) is 0. The van der Waals surface area contributed by atoms with E-state index in [4.69, 9.17) is 0 Å². The molecule has 3 aromatic rings. The average molecular weight is 253 g/mol. The molecule has 1 N–H and O–H groups in total. The van der Waals surface area contributed by atoms with Crippen LogP contribution in [0.3, 0.4) is 0 Å². The zero-order valence-corrected chi connectivity index (χ0v) is 11.0. The van der Waals surface area contributed by atoms with Gasteiger partial charge in [-0.15, -0.1) is 0 Å². The van der Waals surface area contributed by atoms with Crippen molar-refractivity contribution in [2.75, 3.05) is 0 Å². The molecule has 0 fully saturated rings. The lowest BCUT2D eigenvalue weighted by Gasteiger charge is -2.09. The van der Waals surface area contributed by atoms with Crippen LogP contribution in [0.4, 0.5) is 0 Å². The normalized spacial score (nSPS) is 11.1. The fraction of sp³-hybridized carbons (Fsp3) is 0.200. The Balaban J connectivity index is 2.28. The summed E-state index contributed by atoms with van der Waals surface area (Å²) in [5.74, 6) is 0.744. The molecule has 0 atom stereocenters. The minimum absolute atomic E-state index is 0.00463. The van der Waals surface area contributed by atoms with Gasteiger partial charge < -0.3 is 5.11 Å². The Morgan fingerprint density at radius 1 is 1.16 bits per heavy atom. The molecule has 4 nitrogen and oxygen atoms in total. The number of fused-ring (bicyclic) bond motifs is 1. The van der Waals surface area contributed by atoms with Crippen molar-refractivity contribution >= 4 is 10.9 Å². The molecule has 1 aromatic carbocycles. The van der Waals surface area contributed by atoms with E-state index in [1.54, 1.807) is 4.68 Å². The molecule has 0 bridgehead atoms. The minimum atomic E-state index is -0.00463. The van der Waals surface area contributed by atoms with Gasteiger partial charge in [0, 0.05) is 11.1 Å². The number of benzene rings is 1. The van der Waals surface area contributed by atoms with E-state index in [1.165, 1.54) is 0 Å². The summed E-state index contributed by atoms with van der Waals surface area (Å²) < 4.78 is 1.81. The highest BCUT2D eigenvalue weighted by molar-refractivity contribution is 5.83. The molecule has 2 heterocycles. The zero-order valence-electron chi connectivity index (χ0n) is 11.0. The molecule has 0 amide bonds. The van der Waals surface area contributed by atoms with Gasteiger partial charge in [0.2, 0.25) is 0 Å². The lowest BCUT2D eigenvalue weighted by atomic mass is 10.1. The summed E-state index contributed by atoms with van der Waals surface area (Å²) in [5.41, 5.74) is 3.73. The van der Waals surface area contributed by atoms with Crippen LogP contribution < -0.4 is 0 Å². The van der Waals surface area contributed by atoms with Crippen LogP contribution in [0.25, 0.3) is 16.7 Å². The maximum absolute atomic E-state index is 9.52. The van der Waals surface area contributed by atoms with Crippen molar-refractivity contribution in [2.45, 2.75) is 20.5 Å². The van der Waals surface area contributed by atoms with Crippen molar-refractivity contribution in [2.24, 2.45) is 0 Å². The highest BCUT2D eigenvalue weighted by Crippen LogP contribution is 2.21. The predicted molar refractivity (Wildman–Crippen MR) is 74.3 cm³/mol. The molecule has 96 valence electrons. The average Bonchev–Trinajstić information content (AvgIpc) is 2.76. The largest absolute Gasteiger partial charge is 0.392 e. The van der Waals surface area contributed by atoms with Crippen LogP contribution in [-0.4, -0.2) is 19.9 Å². The van der Waals surface area contributed by atoms with Crippen molar-refractivity contribution in [1.82, 2.24) is 14.8 Å². The van der Waals surface area contributed by atoms with Gasteiger partial charge in [-0.1, -0.05) is 18.2 Å². The van der Waals surface area contributed by atoms with Crippen LogP contribution in [-0.2, 0) is 6.61 Å². The number of para-hydroxylation sites is 1. The topological polar surface area (TPSA) is 50.9 Å². The van der Waals surface area contributed by atoms with Gasteiger partial charge in [-0.2, -0.15) is 5.10 Å². The molecule has 0 radical (unpaired) electrons. The monoisotopic (exact) mass is 253 g/mol. The number of hydrogen-bond donors (Lipinski definition) is 1. The first-order valence-corrected chi connectivity index (χ1v) is 6.22. The molecule has 0 saturated carbocycles. The fourth-order valence-corrected chi connectivity index (χ4v) is 2.33. The fourth-order valence-electron chi connectivity index (χ4n) is 2.33. The minimum Gasteiger partial charge on any atom is -0.392 e. The Morgan fingerprint density at radius 3 is 2.63 bits per heavy atom. The molecule has 0 aliphatic carbocycles. The van der Waals surface area contributed by atoms with Crippen LogP contribution >= 0.6 is 0 Å². The maximum Gasteiger partial charge on any atom is 0.154 e. The Bertz CT molecular complexity index is 746. The van der Waals surface area contributed by atoms with Gasteiger partial charge in [-0.05, 0) is 37.6 Å². The number of nitrogens with zero attached hydrogens (tertiary/aromatic N) is 3. The van der Waals surface area contributed by atoms with Gasteiger partial charge in [0.1, 0.15) is 0 Å². The van der Waals surface area contributed by atoms with E-state index in [9.17, 15) is 5.11 Å². The zero-order chi connectivity index (χ0) is 13.4.